The van der Waals surface area contributed by atoms with E-state index in [9.17, 15) is 16.8 Å². The van der Waals surface area contributed by atoms with Crippen LogP contribution in [0.15, 0.2) is 22.1 Å². The highest BCUT2D eigenvalue weighted by atomic mass is 32.2. The van der Waals surface area contributed by atoms with Gasteiger partial charge in [-0.3, -0.25) is 0 Å². The number of nitrogens with zero attached hydrogens (tertiary/aromatic N) is 2. The Morgan fingerprint density at radius 1 is 1.29 bits per heavy atom. The average molecular weight is 330 g/mol. The molecule has 1 unspecified atom stereocenters. The van der Waals surface area contributed by atoms with Crippen LogP contribution in [0.5, 0.6) is 0 Å². The highest BCUT2D eigenvalue weighted by Gasteiger charge is 2.37. The Morgan fingerprint density at radius 3 is 2.29 bits per heavy atom. The van der Waals surface area contributed by atoms with Crippen molar-refractivity contribution in [3.8, 4) is 0 Å². The van der Waals surface area contributed by atoms with Crippen LogP contribution < -0.4 is 0 Å². The third-order valence-corrected chi connectivity index (χ3v) is 5.89. The van der Waals surface area contributed by atoms with Crippen molar-refractivity contribution < 1.29 is 21.6 Å². The molecule has 1 aliphatic rings. The Hall–Kier alpha value is -1.50. The summed E-state index contributed by atoms with van der Waals surface area (Å²) in [5.74, 6) is -0.735. The lowest BCUT2D eigenvalue weighted by Crippen LogP contribution is -2.28. The first-order valence-corrected chi connectivity index (χ1v) is 9.28. The van der Waals surface area contributed by atoms with E-state index in [1.807, 2.05) is 6.92 Å². The average Bonchev–Trinajstić information content (AvgIpc) is 2.44. The topological polar surface area (TPSA) is 105 Å². The summed E-state index contributed by atoms with van der Waals surface area (Å²) in [5, 5.41) is 0. The summed E-state index contributed by atoms with van der Waals surface area (Å²) < 4.78 is 47.6. The van der Waals surface area contributed by atoms with Crippen molar-refractivity contribution in [2.24, 2.45) is 5.92 Å². The standard InChI is InChI=1S/C13H18N2O4S2/c1-4-9-7-10(5-2)13(21(18,19)8-15-14)11(6-3)12(9)20(16)17/h7-8,11H,4-6H2,1-3H3. The molecule has 0 aromatic carbocycles. The van der Waals surface area contributed by atoms with Crippen LogP contribution in [0.4, 0.5) is 0 Å². The minimum absolute atomic E-state index is 0.0155. The highest BCUT2D eigenvalue weighted by molar-refractivity contribution is 8.07. The van der Waals surface area contributed by atoms with Gasteiger partial charge in [0, 0.05) is 5.92 Å². The van der Waals surface area contributed by atoms with Crippen LogP contribution >= 0.6 is 0 Å². The van der Waals surface area contributed by atoms with Gasteiger partial charge in [0.25, 0.3) is 9.84 Å². The van der Waals surface area contributed by atoms with Gasteiger partial charge in [-0.05, 0) is 30.4 Å². The van der Waals surface area contributed by atoms with E-state index < -0.39 is 26.0 Å². The highest BCUT2D eigenvalue weighted by Crippen LogP contribution is 2.35. The number of rotatable bonds is 5. The minimum Gasteiger partial charge on any atom is -0.361 e. The summed E-state index contributed by atoms with van der Waals surface area (Å²) in [6.07, 6.45) is 2.91. The van der Waals surface area contributed by atoms with Crippen LogP contribution in [0.2, 0.25) is 0 Å². The van der Waals surface area contributed by atoms with E-state index >= 15 is 0 Å². The van der Waals surface area contributed by atoms with Crippen LogP contribution in [0.25, 0.3) is 5.53 Å². The summed E-state index contributed by atoms with van der Waals surface area (Å²) in [4.78, 5) is 2.73. The van der Waals surface area contributed by atoms with Crippen molar-refractivity contribution in [3.05, 3.63) is 27.7 Å². The van der Waals surface area contributed by atoms with E-state index in [2.05, 4.69) is 4.79 Å². The molecule has 116 valence electrons. The van der Waals surface area contributed by atoms with Crippen molar-refractivity contribution in [3.63, 3.8) is 0 Å². The van der Waals surface area contributed by atoms with Crippen LogP contribution in [0, 0.1) is 5.92 Å². The molecule has 6 nitrogen and oxygen atoms in total. The zero-order chi connectivity index (χ0) is 16.2. The molecule has 0 N–H and O–H groups in total. The molecule has 0 heterocycles. The van der Waals surface area contributed by atoms with Crippen LogP contribution in [0.1, 0.15) is 40.0 Å². The summed E-state index contributed by atoms with van der Waals surface area (Å²) in [5.41, 5.74) is 10.2. The molecule has 0 radical (unpaired) electrons. The van der Waals surface area contributed by atoms with Crippen LogP contribution in [0.3, 0.4) is 0 Å². The first-order valence-electron chi connectivity index (χ1n) is 6.66. The maximum absolute atomic E-state index is 12.3. The van der Waals surface area contributed by atoms with Gasteiger partial charge in [0.1, 0.15) is 0 Å². The molecule has 0 bridgehead atoms. The van der Waals surface area contributed by atoms with Crippen LogP contribution in [-0.4, -0.2) is 32.0 Å². The number of sulfone groups is 1. The molecule has 1 aliphatic carbocycles. The molecule has 1 atom stereocenters. The molecule has 0 spiro atoms. The normalized spacial score (nSPS) is 19.1. The van der Waals surface area contributed by atoms with Gasteiger partial charge in [-0.2, -0.15) is 13.2 Å². The first-order chi connectivity index (χ1) is 9.83. The minimum atomic E-state index is -3.95. The van der Waals surface area contributed by atoms with Gasteiger partial charge in [-0.15, -0.1) is 0 Å². The Morgan fingerprint density at radius 2 is 1.90 bits per heavy atom. The van der Waals surface area contributed by atoms with Gasteiger partial charge in [-0.25, -0.2) is 8.42 Å². The second kappa shape index (κ2) is 6.98. The summed E-state index contributed by atoms with van der Waals surface area (Å²) in [6, 6.07) is 0. The SMILES string of the molecule is CCC1=CC(CC)=C(S(=O)(=O)C=[N+]=[N-])C(CC)C1=S(=O)=O. The zero-order valence-electron chi connectivity index (χ0n) is 12.2. The molecule has 8 heteroatoms. The summed E-state index contributed by atoms with van der Waals surface area (Å²) in [6.45, 7) is 5.36. The van der Waals surface area contributed by atoms with Crippen LogP contribution in [-0.2, 0) is 20.1 Å². The number of hydrogen-bond donors (Lipinski definition) is 0. The van der Waals surface area contributed by atoms with Crippen molar-refractivity contribution in [1.82, 2.24) is 0 Å². The predicted octanol–water partition coefficient (Wildman–Crippen LogP) is 1.75. The van der Waals surface area contributed by atoms with E-state index in [0.29, 0.717) is 36.0 Å². The third kappa shape index (κ3) is 3.40. The Balaban J connectivity index is 3.85. The molecule has 21 heavy (non-hydrogen) atoms. The zero-order valence-corrected chi connectivity index (χ0v) is 13.8. The molecule has 0 saturated heterocycles. The van der Waals surface area contributed by atoms with Crippen molar-refractivity contribution in [1.29, 1.82) is 0 Å². The number of allylic oxidation sites excluding steroid dienone is 4. The second-order valence-electron chi connectivity index (χ2n) is 4.59. The van der Waals surface area contributed by atoms with E-state index in [1.165, 1.54) is 0 Å². The predicted molar refractivity (Wildman–Crippen MR) is 82.0 cm³/mol. The Kier molecular flexibility index (Phi) is 5.83. The Bertz CT molecular complexity index is 772. The molecule has 0 fully saturated rings. The van der Waals surface area contributed by atoms with Gasteiger partial charge in [0.2, 0.25) is 10.3 Å². The van der Waals surface area contributed by atoms with E-state index in [0.717, 1.165) is 0 Å². The molecule has 0 amide bonds. The molecular weight excluding hydrogens is 312 g/mol. The van der Waals surface area contributed by atoms with Gasteiger partial charge in [-0.1, -0.05) is 26.8 Å². The lowest BCUT2D eigenvalue weighted by atomic mass is 9.86. The van der Waals surface area contributed by atoms with E-state index in [4.69, 9.17) is 5.53 Å². The van der Waals surface area contributed by atoms with Gasteiger partial charge >= 0.3 is 5.55 Å². The largest absolute Gasteiger partial charge is 0.374 e. The Labute approximate surface area is 126 Å². The summed E-state index contributed by atoms with van der Waals surface area (Å²) >= 11 is 0. The summed E-state index contributed by atoms with van der Waals surface area (Å²) in [7, 11) is -6.45. The van der Waals surface area contributed by atoms with Crippen molar-refractivity contribution in [2.45, 2.75) is 40.0 Å². The molecule has 0 saturated carbocycles. The lowest BCUT2D eigenvalue weighted by molar-refractivity contribution is 0.00759. The first kappa shape index (κ1) is 17.6. The fraction of sp³-hybridized carbons (Fsp3) is 0.538. The molecule has 0 aliphatic heterocycles. The molecule has 0 aromatic rings. The monoisotopic (exact) mass is 330 g/mol. The van der Waals surface area contributed by atoms with E-state index in [1.54, 1.807) is 19.9 Å². The third-order valence-electron chi connectivity index (χ3n) is 3.46. The van der Waals surface area contributed by atoms with Gasteiger partial charge < -0.3 is 5.53 Å². The van der Waals surface area contributed by atoms with Gasteiger partial charge in [0.05, 0.1) is 9.77 Å². The quantitative estimate of drug-likeness (QED) is 0.252. The second-order valence-corrected chi connectivity index (χ2v) is 7.24. The maximum Gasteiger partial charge on any atom is 0.374 e. The fourth-order valence-electron chi connectivity index (χ4n) is 2.57. The number of hydrogen-bond acceptors (Lipinski definition) is 4. The maximum atomic E-state index is 12.3. The van der Waals surface area contributed by atoms with E-state index in [-0.39, 0.29) is 9.77 Å². The molecule has 0 aromatic heterocycles. The smallest absolute Gasteiger partial charge is 0.361 e. The van der Waals surface area contributed by atoms with Crippen molar-refractivity contribution in [2.75, 3.05) is 0 Å². The van der Waals surface area contributed by atoms with Gasteiger partial charge in [0.15, 0.2) is 0 Å². The molecular formula is C13H18N2O4S2. The van der Waals surface area contributed by atoms with Crippen molar-refractivity contribution >= 4 is 30.5 Å². The molecule has 1 rings (SSSR count). The lowest BCUT2D eigenvalue weighted by Gasteiger charge is -2.25. The fourth-order valence-corrected chi connectivity index (χ4v) is 5.06.